The third-order valence-corrected chi connectivity index (χ3v) is 4.05. The van der Waals surface area contributed by atoms with Gasteiger partial charge in [-0.25, -0.2) is 13.8 Å². The summed E-state index contributed by atoms with van der Waals surface area (Å²) >= 11 is 4.61. The van der Waals surface area contributed by atoms with E-state index in [4.69, 9.17) is 0 Å². The number of rotatable bonds is 6. The van der Waals surface area contributed by atoms with Crippen molar-refractivity contribution in [2.45, 2.75) is 19.0 Å². The molecule has 0 atom stereocenters. The fourth-order valence-electron chi connectivity index (χ4n) is 1.51. The van der Waals surface area contributed by atoms with E-state index in [1.807, 2.05) is 24.3 Å². The fraction of sp³-hybridized carbons (Fsp3) is 0.308. The summed E-state index contributed by atoms with van der Waals surface area (Å²) in [6.07, 6.45) is -3.73. The maximum Gasteiger partial charge on any atom is 0.330 e. The van der Waals surface area contributed by atoms with Crippen molar-refractivity contribution in [1.29, 1.82) is 0 Å². The molecule has 0 amide bonds. The van der Waals surface area contributed by atoms with Crippen LogP contribution < -0.4 is 0 Å². The number of hydrogen-bond acceptors (Lipinski definition) is 3. The Kier molecular flexibility index (Phi) is 5.34. The topological polar surface area (TPSA) is 22.1 Å². The van der Waals surface area contributed by atoms with Gasteiger partial charge in [-0.1, -0.05) is 34.1 Å². The average Bonchev–Trinajstić information content (AvgIpc) is 2.87. The first-order valence-corrected chi connectivity index (χ1v) is 7.50. The summed E-state index contributed by atoms with van der Waals surface area (Å²) in [6.45, 7) is -1.55. The summed E-state index contributed by atoms with van der Waals surface area (Å²) in [5.74, 6) is -4.14. The van der Waals surface area contributed by atoms with Gasteiger partial charge in [0.25, 0.3) is 0 Å². The molecule has 0 saturated carbocycles. The summed E-state index contributed by atoms with van der Waals surface area (Å²) in [5.41, 5.74) is 1.53. The third kappa shape index (κ3) is 4.24. The van der Waals surface area contributed by atoms with Crippen LogP contribution in [0.3, 0.4) is 0 Å². The van der Waals surface area contributed by atoms with Crippen molar-refractivity contribution in [2.24, 2.45) is 0 Å². The molecule has 0 radical (unpaired) electrons. The highest BCUT2D eigenvalue weighted by molar-refractivity contribution is 9.10. The second kappa shape index (κ2) is 6.85. The Morgan fingerprint density at radius 2 is 2.00 bits per heavy atom. The van der Waals surface area contributed by atoms with Crippen LogP contribution in [0.4, 0.5) is 17.6 Å². The summed E-state index contributed by atoms with van der Waals surface area (Å²) in [6, 6.07) is 7.41. The molecule has 0 spiro atoms. The Hall–Kier alpha value is -0.990. The Morgan fingerprint density at radius 1 is 1.29 bits per heavy atom. The lowest BCUT2D eigenvalue weighted by Crippen LogP contribution is -2.32. The molecule has 2 nitrogen and oxygen atoms in total. The lowest BCUT2D eigenvalue weighted by Gasteiger charge is -2.14. The van der Waals surface area contributed by atoms with E-state index >= 15 is 0 Å². The largest absolute Gasteiger partial charge is 0.368 e. The minimum atomic E-state index is -4.14. The molecular weight excluding hydrogens is 374 g/mol. The van der Waals surface area contributed by atoms with E-state index in [0.29, 0.717) is 10.7 Å². The van der Waals surface area contributed by atoms with Gasteiger partial charge in [-0.15, -0.1) is 11.3 Å². The fourth-order valence-corrected chi connectivity index (χ4v) is 2.72. The van der Waals surface area contributed by atoms with Crippen LogP contribution in [0.2, 0.25) is 0 Å². The molecule has 0 aliphatic rings. The van der Waals surface area contributed by atoms with Crippen molar-refractivity contribution >= 4 is 27.3 Å². The van der Waals surface area contributed by atoms with Gasteiger partial charge >= 0.3 is 12.3 Å². The lowest BCUT2D eigenvalue weighted by molar-refractivity contribution is -0.168. The highest BCUT2D eigenvalue weighted by atomic mass is 79.9. The number of halogens is 5. The van der Waals surface area contributed by atoms with Crippen LogP contribution in [-0.2, 0) is 11.3 Å². The molecule has 0 bridgehead atoms. The van der Waals surface area contributed by atoms with E-state index in [2.05, 4.69) is 25.7 Å². The smallest absolute Gasteiger partial charge is 0.330 e. The first-order chi connectivity index (χ1) is 9.90. The molecule has 1 aromatic carbocycles. The van der Waals surface area contributed by atoms with Gasteiger partial charge in [-0.2, -0.15) is 8.78 Å². The molecule has 114 valence electrons. The number of ether oxygens (including phenoxy) is 1. The van der Waals surface area contributed by atoms with Crippen LogP contribution in [-0.4, -0.2) is 23.9 Å². The minimum absolute atomic E-state index is 0.225. The van der Waals surface area contributed by atoms with Gasteiger partial charge in [0.15, 0.2) is 0 Å². The molecule has 0 aliphatic carbocycles. The Bertz CT molecular complexity index is 605. The third-order valence-electron chi connectivity index (χ3n) is 2.54. The molecule has 1 aromatic heterocycles. The Balaban J connectivity index is 1.97. The SMILES string of the molecule is FC(F)C(F)(F)COCc1nc(-c2ccccc2Br)cs1. The molecule has 0 saturated heterocycles. The number of thiazole rings is 1. The molecule has 2 aromatic rings. The molecule has 0 N–H and O–H groups in total. The van der Waals surface area contributed by atoms with E-state index in [-0.39, 0.29) is 6.61 Å². The van der Waals surface area contributed by atoms with E-state index in [1.165, 1.54) is 11.3 Å². The van der Waals surface area contributed by atoms with Gasteiger partial charge in [0.05, 0.1) is 12.3 Å². The van der Waals surface area contributed by atoms with Gasteiger partial charge in [0.2, 0.25) is 0 Å². The summed E-state index contributed by atoms with van der Waals surface area (Å²) in [5, 5.41) is 2.20. The van der Waals surface area contributed by atoms with E-state index in [1.54, 1.807) is 5.38 Å². The number of benzene rings is 1. The minimum Gasteiger partial charge on any atom is -0.368 e. The van der Waals surface area contributed by atoms with Gasteiger partial charge < -0.3 is 4.74 Å². The average molecular weight is 384 g/mol. The standard InChI is InChI=1S/C13H10BrF4NOS/c14-9-4-2-1-3-8(9)10-6-21-11(19-10)5-20-7-13(17,18)12(15)16/h1-4,6,12H,5,7H2. The van der Waals surface area contributed by atoms with Gasteiger partial charge in [0.1, 0.15) is 11.6 Å². The van der Waals surface area contributed by atoms with Gasteiger partial charge in [-0.05, 0) is 6.07 Å². The van der Waals surface area contributed by atoms with E-state index < -0.39 is 19.0 Å². The molecule has 1 heterocycles. The Labute approximate surface area is 130 Å². The first-order valence-electron chi connectivity index (χ1n) is 5.83. The normalized spacial score (nSPS) is 12.1. The van der Waals surface area contributed by atoms with Crippen molar-refractivity contribution in [3.05, 3.63) is 39.1 Å². The van der Waals surface area contributed by atoms with Crippen molar-refractivity contribution in [2.75, 3.05) is 6.61 Å². The summed E-state index contributed by atoms with van der Waals surface area (Å²) in [4.78, 5) is 4.24. The zero-order valence-corrected chi connectivity index (χ0v) is 12.9. The number of alkyl halides is 4. The second-order valence-electron chi connectivity index (χ2n) is 4.16. The maximum absolute atomic E-state index is 12.7. The van der Waals surface area contributed by atoms with Crippen LogP contribution in [0, 0.1) is 0 Å². The lowest BCUT2D eigenvalue weighted by atomic mass is 10.2. The first kappa shape index (κ1) is 16.4. The van der Waals surface area contributed by atoms with E-state index in [0.717, 1.165) is 10.0 Å². The molecule has 8 heteroatoms. The predicted molar refractivity (Wildman–Crippen MR) is 75.9 cm³/mol. The quantitative estimate of drug-likeness (QED) is 0.655. The Morgan fingerprint density at radius 3 is 2.67 bits per heavy atom. The highest BCUT2D eigenvalue weighted by Crippen LogP contribution is 2.29. The van der Waals surface area contributed by atoms with Crippen molar-refractivity contribution in [1.82, 2.24) is 4.98 Å². The summed E-state index contributed by atoms with van der Waals surface area (Å²) < 4.78 is 54.8. The molecular formula is C13H10BrF4NOS. The zero-order chi connectivity index (χ0) is 15.5. The van der Waals surface area contributed by atoms with E-state index in [9.17, 15) is 17.6 Å². The number of hydrogen-bond donors (Lipinski definition) is 0. The molecule has 0 unspecified atom stereocenters. The van der Waals surface area contributed by atoms with Crippen LogP contribution >= 0.6 is 27.3 Å². The number of aromatic nitrogens is 1. The van der Waals surface area contributed by atoms with Crippen LogP contribution in [0.15, 0.2) is 34.1 Å². The monoisotopic (exact) mass is 383 g/mol. The van der Waals surface area contributed by atoms with Gasteiger partial charge in [0, 0.05) is 15.4 Å². The molecule has 21 heavy (non-hydrogen) atoms. The van der Waals surface area contributed by atoms with Crippen LogP contribution in [0.25, 0.3) is 11.3 Å². The highest BCUT2D eigenvalue weighted by Gasteiger charge is 2.40. The van der Waals surface area contributed by atoms with Crippen molar-refractivity contribution in [3.63, 3.8) is 0 Å². The molecule has 0 aliphatic heterocycles. The van der Waals surface area contributed by atoms with Crippen LogP contribution in [0.5, 0.6) is 0 Å². The summed E-state index contributed by atoms with van der Waals surface area (Å²) in [7, 11) is 0. The number of nitrogens with zero attached hydrogens (tertiary/aromatic N) is 1. The van der Waals surface area contributed by atoms with Crippen molar-refractivity contribution in [3.8, 4) is 11.3 Å². The second-order valence-corrected chi connectivity index (χ2v) is 5.96. The molecule has 0 fully saturated rings. The predicted octanol–water partition coefficient (Wildman–Crippen LogP) is 4.99. The van der Waals surface area contributed by atoms with Crippen LogP contribution in [0.1, 0.15) is 5.01 Å². The molecule has 2 rings (SSSR count). The zero-order valence-electron chi connectivity index (χ0n) is 10.5. The van der Waals surface area contributed by atoms with Gasteiger partial charge in [-0.3, -0.25) is 0 Å². The van der Waals surface area contributed by atoms with Crippen molar-refractivity contribution < 1.29 is 22.3 Å². The maximum atomic E-state index is 12.7.